The first-order valence-electron chi connectivity index (χ1n) is 5.17. The summed E-state index contributed by atoms with van der Waals surface area (Å²) in [5.41, 5.74) is 0.971. The van der Waals surface area contributed by atoms with Gasteiger partial charge < -0.3 is 10.1 Å². The highest BCUT2D eigenvalue weighted by Gasteiger charge is 2.55. The summed E-state index contributed by atoms with van der Waals surface area (Å²) >= 11 is 0. The molecule has 2 saturated heterocycles. The summed E-state index contributed by atoms with van der Waals surface area (Å²) in [5.74, 6) is 0. The molecule has 12 heavy (non-hydrogen) atoms. The van der Waals surface area contributed by atoms with Crippen molar-refractivity contribution in [3.63, 3.8) is 0 Å². The van der Waals surface area contributed by atoms with Crippen molar-refractivity contribution in [2.75, 3.05) is 19.7 Å². The predicted molar refractivity (Wildman–Crippen MR) is 47.1 cm³/mol. The molecule has 2 spiro atoms. The number of piperidine rings is 1. The van der Waals surface area contributed by atoms with Crippen LogP contribution in [0.15, 0.2) is 0 Å². The van der Waals surface area contributed by atoms with Crippen LogP contribution in [-0.2, 0) is 4.74 Å². The van der Waals surface area contributed by atoms with Crippen LogP contribution < -0.4 is 5.32 Å². The molecule has 0 radical (unpaired) electrons. The van der Waals surface area contributed by atoms with Gasteiger partial charge in [-0.2, -0.15) is 0 Å². The average Bonchev–Trinajstić information content (AvgIpc) is 2.75. The molecule has 1 aliphatic carbocycles. The molecule has 0 aromatic rings. The number of rotatable bonds is 0. The monoisotopic (exact) mass is 167 g/mol. The van der Waals surface area contributed by atoms with E-state index in [9.17, 15) is 0 Å². The van der Waals surface area contributed by atoms with Crippen molar-refractivity contribution in [3.05, 3.63) is 0 Å². The van der Waals surface area contributed by atoms with Crippen molar-refractivity contribution in [1.82, 2.24) is 5.32 Å². The van der Waals surface area contributed by atoms with Gasteiger partial charge in [0.15, 0.2) is 0 Å². The molecule has 3 rings (SSSR count). The Hall–Kier alpha value is -0.0800. The molecule has 0 aromatic carbocycles. The van der Waals surface area contributed by atoms with E-state index in [4.69, 9.17) is 4.74 Å². The minimum absolute atomic E-state index is 0.307. The first kappa shape index (κ1) is 7.34. The molecule has 2 heteroatoms. The summed E-state index contributed by atoms with van der Waals surface area (Å²) in [6.07, 6.45) is 6.72. The van der Waals surface area contributed by atoms with E-state index in [1.165, 1.54) is 32.1 Å². The predicted octanol–water partition coefficient (Wildman–Crippen LogP) is 1.31. The number of hydrogen-bond acceptors (Lipinski definition) is 2. The number of nitrogens with one attached hydrogen (secondary N) is 1. The van der Waals surface area contributed by atoms with Gasteiger partial charge in [-0.15, -0.1) is 0 Å². The Kier molecular flexibility index (Phi) is 1.37. The van der Waals surface area contributed by atoms with Crippen LogP contribution in [0.5, 0.6) is 0 Å². The van der Waals surface area contributed by atoms with Gasteiger partial charge in [-0.05, 0) is 50.6 Å². The van der Waals surface area contributed by atoms with E-state index in [-0.39, 0.29) is 0 Å². The van der Waals surface area contributed by atoms with Gasteiger partial charge in [0, 0.05) is 0 Å². The van der Waals surface area contributed by atoms with Gasteiger partial charge in [0.25, 0.3) is 0 Å². The smallest absolute Gasteiger partial charge is 0.0713 e. The van der Waals surface area contributed by atoms with E-state index in [1.54, 1.807) is 0 Å². The fraction of sp³-hybridized carbons (Fsp3) is 1.00. The van der Waals surface area contributed by atoms with Crippen LogP contribution in [0.2, 0.25) is 0 Å². The maximum Gasteiger partial charge on any atom is 0.0713 e. The van der Waals surface area contributed by atoms with E-state index in [0.29, 0.717) is 11.0 Å². The third kappa shape index (κ3) is 1.01. The van der Waals surface area contributed by atoms with Gasteiger partial charge in [0.05, 0.1) is 12.2 Å². The molecule has 1 N–H and O–H groups in total. The van der Waals surface area contributed by atoms with Crippen molar-refractivity contribution >= 4 is 0 Å². The second-order valence-electron chi connectivity index (χ2n) is 4.90. The Morgan fingerprint density at radius 2 is 1.75 bits per heavy atom. The molecular weight excluding hydrogens is 150 g/mol. The van der Waals surface area contributed by atoms with E-state index in [0.717, 1.165) is 19.7 Å². The normalized spacial score (nSPS) is 36.0. The molecule has 3 fully saturated rings. The highest BCUT2D eigenvalue weighted by molar-refractivity contribution is 5.06. The molecule has 68 valence electrons. The summed E-state index contributed by atoms with van der Waals surface area (Å²) in [6, 6.07) is 0. The van der Waals surface area contributed by atoms with Gasteiger partial charge in [0.1, 0.15) is 0 Å². The molecule has 2 nitrogen and oxygen atoms in total. The summed E-state index contributed by atoms with van der Waals surface area (Å²) in [5, 5.41) is 3.40. The number of hydrogen-bond donors (Lipinski definition) is 1. The lowest BCUT2D eigenvalue weighted by atomic mass is 9.85. The van der Waals surface area contributed by atoms with Crippen LogP contribution >= 0.6 is 0 Å². The van der Waals surface area contributed by atoms with Gasteiger partial charge >= 0.3 is 0 Å². The Morgan fingerprint density at radius 3 is 2.33 bits per heavy atom. The quantitative estimate of drug-likeness (QED) is 0.587. The molecule has 0 aromatic heterocycles. The van der Waals surface area contributed by atoms with Gasteiger partial charge in [-0.1, -0.05) is 0 Å². The van der Waals surface area contributed by atoms with Crippen LogP contribution in [0.4, 0.5) is 0 Å². The van der Waals surface area contributed by atoms with E-state index in [2.05, 4.69) is 5.32 Å². The van der Waals surface area contributed by atoms with Crippen LogP contribution in [0.25, 0.3) is 0 Å². The fourth-order valence-electron chi connectivity index (χ4n) is 2.79. The third-order valence-corrected chi connectivity index (χ3v) is 3.85. The van der Waals surface area contributed by atoms with Gasteiger partial charge in [0.2, 0.25) is 0 Å². The minimum Gasteiger partial charge on any atom is -0.374 e. The molecule has 0 bridgehead atoms. The second-order valence-corrected chi connectivity index (χ2v) is 4.90. The molecule has 1 saturated carbocycles. The standard InChI is InChI=1S/C10H17NO/c1-2-9(1)7-10(12-8-9)3-5-11-6-4-10/h11H,1-8H2. The van der Waals surface area contributed by atoms with Crippen molar-refractivity contribution in [2.24, 2.45) is 5.41 Å². The first-order chi connectivity index (χ1) is 5.83. The second kappa shape index (κ2) is 2.24. The third-order valence-electron chi connectivity index (χ3n) is 3.85. The van der Waals surface area contributed by atoms with Crippen molar-refractivity contribution in [2.45, 2.75) is 37.7 Å². The molecular formula is C10H17NO. The summed E-state index contributed by atoms with van der Waals surface area (Å²) in [6.45, 7) is 3.39. The Morgan fingerprint density at radius 1 is 1.00 bits per heavy atom. The fourth-order valence-corrected chi connectivity index (χ4v) is 2.79. The van der Waals surface area contributed by atoms with Crippen molar-refractivity contribution in [3.8, 4) is 0 Å². The Balaban J connectivity index is 1.74. The number of ether oxygens (including phenoxy) is 1. The van der Waals surface area contributed by atoms with Crippen LogP contribution in [0.1, 0.15) is 32.1 Å². The van der Waals surface area contributed by atoms with Gasteiger partial charge in [-0.25, -0.2) is 0 Å². The first-order valence-corrected chi connectivity index (χ1v) is 5.17. The van der Waals surface area contributed by atoms with Crippen LogP contribution in [0, 0.1) is 5.41 Å². The van der Waals surface area contributed by atoms with E-state index >= 15 is 0 Å². The summed E-state index contributed by atoms with van der Waals surface area (Å²) in [7, 11) is 0. The van der Waals surface area contributed by atoms with Crippen molar-refractivity contribution in [1.29, 1.82) is 0 Å². The summed E-state index contributed by atoms with van der Waals surface area (Å²) < 4.78 is 6.02. The van der Waals surface area contributed by atoms with Crippen LogP contribution in [0.3, 0.4) is 0 Å². The molecule has 2 heterocycles. The molecule has 3 aliphatic rings. The Bertz CT molecular complexity index is 192. The minimum atomic E-state index is 0.307. The molecule has 0 atom stereocenters. The van der Waals surface area contributed by atoms with Crippen LogP contribution in [-0.4, -0.2) is 25.3 Å². The topological polar surface area (TPSA) is 21.3 Å². The molecule has 0 unspecified atom stereocenters. The lowest BCUT2D eigenvalue weighted by Crippen LogP contribution is -2.41. The van der Waals surface area contributed by atoms with E-state index < -0.39 is 0 Å². The average molecular weight is 167 g/mol. The zero-order chi connectivity index (χ0) is 8.07. The summed E-state index contributed by atoms with van der Waals surface area (Å²) in [4.78, 5) is 0. The van der Waals surface area contributed by atoms with E-state index in [1.807, 2.05) is 0 Å². The lowest BCUT2D eigenvalue weighted by molar-refractivity contribution is -0.0199. The van der Waals surface area contributed by atoms with Gasteiger partial charge in [-0.3, -0.25) is 0 Å². The zero-order valence-electron chi connectivity index (χ0n) is 7.57. The molecule has 2 aliphatic heterocycles. The maximum atomic E-state index is 6.02. The maximum absolute atomic E-state index is 6.02. The lowest BCUT2D eigenvalue weighted by Gasteiger charge is -2.33. The Labute approximate surface area is 73.7 Å². The highest BCUT2D eigenvalue weighted by atomic mass is 16.5. The highest BCUT2D eigenvalue weighted by Crippen LogP contribution is 2.58. The SMILES string of the molecule is C1CC2(CCN1)CC1(CC1)CO2. The largest absolute Gasteiger partial charge is 0.374 e. The zero-order valence-corrected chi connectivity index (χ0v) is 7.57. The van der Waals surface area contributed by atoms with Crippen molar-refractivity contribution < 1.29 is 4.74 Å². The molecule has 0 amide bonds.